The van der Waals surface area contributed by atoms with E-state index in [9.17, 15) is 4.79 Å². The number of rotatable bonds is 5. The van der Waals surface area contributed by atoms with E-state index >= 15 is 0 Å². The molecule has 3 heteroatoms. The SMILES string of the molecule is Cc1cccc(NCCC(=O)N(C)c2ccccc2)c1. The molecule has 0 radical (unpaired) electrons. The van der Waals surface area contributed by atoms with Gasteiger partial charge in [-0.2, -0.15) is 0 Å². The minimum absolute atomic E-state index is 0.108. The summed E-state index contributed by atoms with van der Waals surface area (Å²) >= 11 is 0. The second kappa shape index (κ2) is 6.75. The molecule has 0 spiro atoms. The zero-order chi connectivity index (χ0) is 14.4. The first-order valence-electron chi connectivity index (χ1n) is 6.79. The van der Waals surface area contributed by atoms with Crippen LogP contribution in [0.3, 0.4) is 0 Å². The summed E-state index contributed by atoms with van der Waals surface area (Å²) in [6.07, 6.45) is 0.472. The molecule has 0 aromatic heterocycles. The molecule has 3 nitrogen and oxygen atoms in total. The van der Waals surface area contributed by atoms with E-state index in [1.54, 1.807) is 4.90 Å². The Morgan fingerprint density at radius 2 is 1.85 bits per heavy atom. The molecule has 0 aliphatic rings. The highest BCUT2D eigenvalue weighted by Gasteiger charge is 2.09. The van der Waals surface area contributed by atoms with Crippen molar-refractivity contribution >= 4 is 17.3 Å². The van der Waals surface area contributed by atoms with Gasteiger partial charge in [0.1, 0.15) is 0 Å². The number of hydrogen-bond donors (Lipinski definition) is 1. The molecule has 0 unspecified atom stereocenters. The Balaban J connectivity index is 1.83. The fourth-order valence-corrected chi connectivity index (χ4v) is 2.03. The monoisotopic (exact) mass is 268 g/mol. The molecular formula is C17H20N2O. The van der Waals surface area contributed by atoms with Crippen molar-refractivity contribution in [2.45, 2.75) is 13.3 Å². The number of amides is 1. The van der Waals surface area contributed by atoms with Crippen LogP contribution in [0, 0.1) is 6.92 Å². The molecule has 2 aromatic carbocycles. The average molecular weight is 268 g/mol. The molecule has 2 rings (SSSR count). The molecule has 0 saturated carbocycles. The van der Waals surface area contributed by atoms with Gasteiger partial charge in [0.15, 0.2) is 0 Å². The Hall–Kier alpha value is -2.29. The topological polar surface area (TPSA) is 32.3 Å². The van der Waals surface area contributed by atoms with Gasteiger partial charge in [-0.3, -0.25) is 4.79 Å². The maximum absolute atomic E-state index is 12.1. The van der Waals surface area contributed by atoms with Crippen molar-refractivity contribution < 1.29 is 4.79 Å². The third-order valence-electron chi connectivity index (χ3n) is 3.20. The van der Waals surface area contributed by atoms with Gasteiger partial charge in [0.05, 0.1) is 0 Å². The molecule has 104 valence electrons. The minimum atomic E-state index is 0.108. The Bertz CT molecular complexity index is 566. The van der Waals surface area contributed by atoms with Gasteiger partial charge in [-0.1, -0.05) is 30.3 Å². The Kier molecular flexibility index (Phi) is 4.77. The first-order valence-corrected chi connectivity index (χ1v) is 6.79. The lowest BCUT2D eigenvalue weighted by atomic mass is 10.2. The van der Waals surface area contributed by atoms with Gasteiger partial charge in [-0.25, -0.2) is 0 Å². The highest BCUT2D eigenvalue weighted by atomic mass is 16.2. The number of anilines is 2. The molecular weight excluding hydrogens is 248 g/mol. The lowest BCUT2D eigenvalue weighted by molar-refractivity contribution is -0.118. The number of nitrogens with zero attached hydrogens (tertiary/aromatic N) is 1. The van der Waals surface area contributed by atoms with Gasteiger partial charge in [0.25, 0.3) is 0 Å². The summed E-state index contributed by atoms with van der Waals surface area (Å²) in [5.74, 6) is 0.108. The summed E-state index contributed by atoms with van der Waals surface area (Å²) in [7, 11) is 1.81. The van der Waals surface area contributed by atoms with Crippen LogP contribution < -0.4 is 10.2 Å². The van der Waals surface area contributed by atoms with Crippen molar-refractivity contribution in [1.82, 2.24) is 0 Å². The quantitative estimate of drug-likeness (QED) is 0.900. The first kappa shape index (κ1) is 14.1. The molecule has 0 aliphatic carbocycles. The van der Waals surface area contributed by atoms with E-state index in [1.807, 2.05) is 49.5 Å². The van der Waals surface area contributed by atoms with E-state index in [4.69, 9.17) is 0 Å². The standard InChI is InChI=1S/C17H20N2O/c1-14-7-6-8-15(13-14)18-12-11-17(20)19(2)16-9-4-3-5-10-16/h3-10,13,18H,11-12H2,1-2H3. The normalized spacial score (nSPS) is 10.1. The molecule has 1 amide bonds. The van der Waals surface area contributed by atoms with E-state index in [0.717, 1.165) is 11.4 Å². The largest absolute Gasteiger partial charge is 0.385 e. The molecule has 0 aliphatic heterocycles. The van der Waals surface area contributed by atoms with Crippen LogP contribution in [0.25, 0.3) is 0 Å². The Morgan fingerprint density at radius 3 is 2.55 bits per heavy atom. The summed E-state index contributed by atoms with van der Waals surface area (Å²) in [5.41, 5.74) is 3.19. The van der Waals surface area contributed by atoms with Gasteiger partial charge in [-0.05, 0) is 36.8 Å². The lowest BCUT2D eigenvalue weighted by Crippen LogP contribution is -2.27. The third kappa shape index (κ3) is 3.85. The number of hydrogen-bond acceptors (Lipinski definition) is 2. The maximum atomic E-state index is 12.1. The van der Waals surface area contributed by atoms with Gasteiger partial charge in [0, 0.05) is 31.4 Å². The van der Waals surface area contributed by atoms with E-state index in [-0.39, 0.29) is 5.91 Å². The van der Waals surface area contributed by atoms with Crippen LogP contribution in [0.4, 0.5) is 11.4 Å². The fraction of sp³-hybridized carbons (Fsp3) is 0.235. The van der Waals surface area contributed by atoms with Gasteiger partial charge in [0.2, 0.25) is 5.91 Å². The molecule has 2 aromatic rings. The third-order valence-corrected chi connectivity index (χ3v) is 3.20. The van der Waals surface area contributed by atoms with Crippen LogP contribution in [0.5, 0.6) is 0 Å². The fourth-order valence-electron chi connectivity index (χ4n) is 2.03. The summed E-state index contributed by atoms with van der Waals surface area (Å²) in [5, 5.41) is 3.28. The zero-order valence-corrected chi connectivity index (χ0v) is 12.0. The first-order chi connectivity index (χ1) is 9.66. The number of nitrogens with one attached hydrogen (secondary N) is 1. The van der Waals surface area contributed by atoms with Gasteiger partial charge < -0.3 is 10.2 Å². The average Bonchev–Trinajstić information content (AvgIpc) is 2.47. The van der Waals surface area contributed by atoms with E-state index in [2.05, 4.69) is 24.4 Å². The lowest BCUT2D eigenvalue weighted by Gasteiger charge is -2.17. The molecule has 0 heterocycles. The van der Waals surface area contributed by atoms with Crippen molar-refractivity contribution in [3.8, 4) is 0 Å². The molecule has 0 fully saturated rings. The predicted molar refractivity (Wildman–Crippen MR) is 84.1 cm³/mol. The summed E-state index contributed by atoms with van der Waals surface area (Å²) < 4.78 is 0. The van der Waals surface area contributed by atoms with Crippen LogP contribution in [-0.2, 0) is 4.79 Å². The second-order valence-corrected chi connectivity index (χ2v) is 4.83. The van der Waals surface area contributed by atoms with E-state index in [0.29, 0.717) is 13.0 Å². The highest BCUT2D eigenvalue weighted by molar-refractivity contribution is 5.93. The highest BCUT2D eigenvalue weighted by Crippen LogP contribution is 2.13. The minimum Gasteiger partial charge on any atom is -0.385 e. The van der Waals surface area contributed by atoms with E-state index in [1.165, 1.54) is 5.56 Å². The summed E-state index contributed by atoms with van der Waals surface area (Å²) in [4.78, 5) is 13.8. The Morgan fingerprint density at radius 1 is 1.10 bits per heavy atom. The number of carbonyl (C=O) groups excluding carboxylic acids is 1. The Labute approximate surface area is 120 Å². The van der Waals surface area contributed by atoms with Crippen molar-refractivity contribution in [2.75, 3.05) is 23.8 Å². The molecule has 20 heavy (non-hydrogen) atoms. The van der Waals surface area contributed by atoms with Crippen LogP contribution in [0.15, 0.2) is 54.6 Å². The van der Waals surface area contributed by atoms with Crippen molar-refractivity contribution in [1.29, 1.82) is 0 Å². The van der Waals surface area contributed by atoms with Crippen LogP contribution in [0.2, 0.25) is 0 Å². The number of para-hydroxylation sites is 1. The molecule has 0 saturated heterocycles. The van der Waals surface area contributed by atoms with Gasteiger partial charge in [-0.15, -0.1) is 0 Å². The van der Waals surface area contributed by atoms with Crippen LogP contribution >= 0.6 is 0 Å². The summed E-state index contributed by atoms with van der Waals surface area (Å²) in [6, 6.07) is 17.8. The van der Waals surface area contributed by atoms with Crippen molar-refractivity contribution in [3.63, 3.8) is 0 Å². The number of aryl methyl sites for hydroxylation is 1. The number of benzene rings is 2. The number of carbonyl (C=O) groups is 1. The molecule has 1 N–H and O–H groups in total. The van der Waals surface area contributed by atoms with Crippen molar-refractivity contribution in [3.05, 3.63) is 60.2 Å². The smallest absolute Gasteiger partial charge is 0.228 e. The van der Waals surface area contributed by atoms with Crippen LogP contribution in [-0.4, -0.2) is 19.5 Å². The molecule has 0 atom stereocenters. The zero-order valence-electron chi connectivity index (χ0n) is 12.0. The molecule has 0 bridgehead atoms. The van der Waals surface area contributed by atoms with E-state index < -0.39 is 0 Å². The summed E-state index contributed by atoms with van der Waals surface area (Å²) in [6.45, 7) is 2.69. The van der Waals surface area contributed by atoms with Crippen LogP contribution in [0.1, 0.15) is 12.0 Å². The predicted octanol–water partition coefficient (Wildman–Crippen LogP) is 3.46. The maximum Gasteiger partial charge on any atom is 0.228 e. The van der Waals surface area contributed by atoms with Gasteiger partial charge >= 0.3 is 0 Å². The van der Waals surface area contributed by atoms with Crippen molar-refractivity contribution in [2.24, 2.45) is 0 Å². The second-order valence-electron chi connectivity index (χ2n) is 4.83.